The molecule has 0 aromatic heterocycles. The number of unbranched alkanes of at least 4 members (excludes halogenated alkanes) is 3. The van der Waals surface area contributed by atoms with E-state index in [0.717, 1.165) is 91.2 Å². The van der Waals surface area contributed by atoms with Gasteiger partial charge in [0.05, 0.1) is 16.4 Å². The minimum atomic E-state index is -1.01. The summed E-state index contributed by atoms with van der Waals surface area (Å²) in [6.07, 6.45) is 9.70. The van der Waals surface area contributed by atoms with Crippen LogP contribution in [0.15, 0.2) is 95.5 Å². The molecule has 312 valence electrons. The van der Waals surface area contributed by atoms with E-state index in [2.05, 4.69) is 44.1 Å². The number of aromatic carboxylic acids is 1. The molecule has 2 aliphatic carbocycles. The Morgan fingerprint density at radius 3 is 1.67 bits per heavy atom. The molecule has 9 heteroatoms. The van der Waals surface area contributed by atoms with Gasteiger partial charge in [0, 0.05) is 82.9 Å². The molecule has 0 atom stereocenters. The number of allylic oxidation sites excluding steroid dienone is 6. The van der Waals surface area contributed by atoms with E-state index >= 15 is 0 Å². The van der Waals surface area contributed by atoms with Gasteiger partial charge in [-0.25, -0.2) is 4.79 Å². The quantitative estimate of drug-likeness (QED) is 0.115. The first kappa shape index (κ1) is 42.3. The maximum atomic E-state index is 13.9. The normalized spacial score (nSPS) is 19.1. The minimum absolute atomic E-state index is 0.105. The van der Waals surface area contributed by atoms with Gasteiger partial charge in [-0.1, -0.05) is 63.7 Å². The molecular formula is C51H57N3O6. The van der Waals surface area contributed by atoms with E-state index in [1.165, 1.54) is 0 Å². The van der Waals surface area contributed by atoms with Gasteiger partial charge in [-0.05, 0) is 95.0 Å². The number of rotatable bonds is 16. The number of carbonyl (C=O) groups excluding carboxylic acids is 2. The molecule has 7 rings (SSSR count). The Morgan fingerprint density at radius 2 is 1.15 bits per heavy atom. The molecule has 0 amide bonds. The molecule has 0 saturated heterocycles. The molecule has 1 N–H and O–H groups in total. The molecule has 3 aromatic carbocycles. The second-order valence-electron chi connectivity index (χ2n) is 17.5. The number of anilines is 1. The lowest BCUT2D eigenvalue weighted by atomic mass is 9.75. The highest BCUT2D eigenvalue weighted by Crippen LogP contribution is 2.46. The molecule has 2 aliphatic heterocycles. The number of ketones is 2. The summed E-state index contributed by atoms with van der Waals surface area (Å²) < 4.78 is 4.21. The summed E-state index contributed by atoms with van der Waals surface area (Å²) in [6.45, 7) is 19.7. The maximum Gasteiger partial charge on any atom is 0.335 e. The van der Waals surface area contributed by atoms with Crippen molar-refractivity contribution < 1.29 is 38.9 Å². The number of carboxylic acid groups (broad SMARTS) is 1. The number of nitrogens with zero attached hydrogens (tertiary/aromatic N) is 3. The van der Waals surface area contributed by atoms with Crippen LogP contribution in [0.25, 0.3) is 11.1 Å². The van der Waals surface area contributed by atoms with E-state index in [0.29, 0.717) is 24.2 Å². The van der Waals surface area contributed by atoms with Crippen LogP contribution in [-0.2, 0) is 20.4 Å². The Bertz CT molecular complexity index is 2500. The van der Waals surface area contributed by atoms with Crippen LogP contribution in [0, 0.1) is 0 Å². The van der Waals surface area contributed by atoms with Gasteiger partial charge in [-0.2, -0.15) is 9.15 Å². The largest absolute Gasteiger partial charge is 0.871 e. The zero-order chi connectivity index (χ0) is 43.3. The van der Waals surface area contributed by atoms with E-state index in [1.807, 2.05) is 67.8 Å². The summed E-state index contributed by atoms with van der Waals surface area (Å²) in [6, 6.07) is 18.6. The Labute approximate surface area is 354 Å². The fraction of sp³-hybridized carbons (Fsp3) is 0.392. The van der Waals surface area contributed by atoms with Crippen molar-refractivity contribution in [2.24, 2.45) is 0 Å². The first-order valence-electron chi connectivity index (χ1n) is 21.7. The van der Waals surface area contributed by atoms with Gasteiger partial charge in [-0.15, -0.1) is 0 Å². The van der Waals surface area contributed by atoms with Crippen molar-refractivity contribution in [3.63, 3.8) is 0 Å². The predicted molar refractivity (Wildman–Crippen MR) is 235 cm³/mol. The van der Waals surface area contributed by atoms with E-state index in [4.69, 9.17) is 0 Å². The van der Waals surface area contributed by atoms with Crippen molar-refractivity contribution in [3.8, 4) is 0 Å². The van der Waals surface area contributed by atoms with E-state index < -0.39 is 16.8 Å². The highest BCUT2D eigenvalue weighted by molar-refractivity contribution is 6.41. The number of fused-ring (bicyclic) bond motifs is 2. The lowest BCUT2D eigenvalue weighted by Crippen LogP contribution is -2.34. The zero-order valence-corrected chi connectivity index (χ0v) is 36.3. The summed E-state index contributed by atoms with van der Waals surface area (Å²) >= 11 is 0. The molecule has 3 aromatic rings. The second-order valence-corrected chi connectivity index (χ2v) is 17.5. The van der Waals surface area contributed by atoms with Crippen LogP contribution in [0.4, 0.5) is 17.1 Å². The zero-order valence-electron chi connectivity index (χ0n) is 36.3. The molecule has 9 nitrogen and oxygen atoms in total. The SMILES string of the molecule is CCCCN(CCCC)c1ccc(C2=C([O-])/C(=C\C3=[N+](CCCC)c4ccc(C5=C([O-])/C(=C\C6=[N+](CC)c7ccc(C(=O)O)cc7C6(C)C)C5=O)cc4C3(C)C)C2=O)cc1. The van der Waals surface area contributed by atoms with Crippen LogP contribution < -0.4 is 15.1 Å². The average Bonchev–Trinajstić information content (AvgIpc) is 3.58. The number of carboxylic acids is 1. The van der Waals surface area contributed by atoms with E-state index in [1.54, 1.807) is 30.4 Å². The first-order valence-corrected chi connectivity index (χ1v) is 21.7. The molecule has 4 aliphatic rings. The lowest BCUT2D eigenvalue weighted by molar-refractivity contribution is -0.438. The van der Waals surface area contributed by atoms with Gasteiger partial charge in [0.25, 0.3) is 0 Å². The third-order valence-electron chi connectivity index (χ3n) is 12.9. The van der Waals surface area contributed by atoms with Crippen LogP contribution >= 0.6 is 0 Å². The summed E-state index contributed by atoms with van der Waals surface area (Å²) in [7, 11) is 0. The topological polar surface area (TPSA) is 127 Å². The Hall–Kier alpha value is -5.83. The highest BCUT2D eigenvalue weighted by atomic mass is 16.4. The van der Waals surface area contributed by atoms with Crippen molar-refractivity contribution in [2.45, 2.75) is 105 Å². The number of Topliss-reactive ketones (excluding diaryl/α,β-unsaturated/α-hetero) is 2. The molecular weight excluding hydrogens is 751 g/mol. The van der Waals surface area contributed by atoms with E-state index in [9.17, 15) is 29.7 Å². The van der Waals surface area contributed by atoms with Crippen LogP contribution in [0.2, 0.25) is 0 Å². The summed E-state index contributed by atoms with van der Waals surface area (Å²) in [4.78, 5) is 41.9. The second kappa shape index (κ2) is 16.3. The standard InChI is InChI=1S/C51H57N3O6/c1-9-13-24-52(25-14-10-2)34-20-16-31(17-21-34)43-45(55)36(46(43)56)30-42-51(7,8)37-27-32(18-22-40(37)54(42)26-15-11-3)44-47(57)35(48(44)58)29-41-50(5,6)38-28-33(49(59)60)19-23-39(38)53(41)12-4/h16-23,27-30H,9-15,24-26H2,1-8H3,(H-2,55,56,57,58,59,60). The van der Waals surface area contributed by atoms with Crippen molar-refractivity contribution in [2.75, 3.05) is 31.1 Å². The molecule has 0 radical (unpaired) electrons. The van der Waals surface area contributed by atoms with E-state index in [-0.39, 0.29) is 50.9 Å². The van der Waals surface area contributed by atoms with Crippen LogP contribution in [0.3, 0.4) is 0 Å². The van der Waals surface area contributed by atoms with Crippen molar-refractivity contribution in [1.29, 1.82) is 0 Å². The fourth-order valence-corrected chi connectivity index (χ4v) is 9.25. The summed E-state index contributed by atoms with van der Waals surface area (Å²) in [5.74, 6) is -2.19. The van der Waals surface area contributed by atoms with Gasteiger partial charge in [0.2, 0.25) is 11.4 Å². The van der Waals surface area contributed by atoms with Gasteiger partial charge in [-0.3, -0.25) is 9.59 Å². The fourth-order valence-electron chi connectivity index (χ4n) is 9.25. The predicted octanol–water partition coefficient (Wildman–Crippen LogP) is 7.93. The molecule has 0 bridgehead atoms. The smallest absolute Gasteiger partial charge is 0.335 e. The van der Waals surface area contributed by atoms with Crippen molar-refractivity contribution in [1.82, 2.24) is 0 Å². The van der Waals surface area contributed by atoms with Crippen molar-refractivity contribution >= 4 is 57.2 Å². The summed E-state index contributed by atoms with van der Waals surface area (Å²) in [5.41, 5.74) is 6.91. The third-order valence-corrected chi connectivity index (χ3v) is 12.9. The van der Waals surface area contributed by atoms with Crippen LogP contribution in [0.1, 0.15) is 127 Å². The van der Waals surface area contributed by atoms with Gasteiger partial charge in [0.15, 0.2) is 23.0 Å². The lowest BCUT2D eigenvalue weighted by Gasteiger charge is -2.32. The van der Waals surface area contributed by atoms with Gasteiger partial charge >= 0.3 is 5.97 Å². The Morgan fingerprint density at radius 1 is 0.667 bits per heavy atom. The third kappa shape index (κ3) is 6.95. The van der Waals surface area contributed by atoms with Gasteiger partial charge in [0.1, 0.15) is 13.1 Å². The van der Waals surface area contributed by atoms with Crippen LogP contribution in [0.5, 0.6) is 0 Å². The minimum Gasteiger partial charge on any atom is -0.871 e. The Kier molecular flexibility index (Phi) is 11.5. The van der Waals surface area contributed by atoms with Crippen LogP contribution in [-0.4, -0.2) is 69.4 Å². The first-order chi connectivity index (χ1) is 28.6. The molecule has 2 heterocycles. The number of hydrogen-bond donors (Lipinski definition) is 1. The molecule has 0 fully saturated rings. The monoisotopic (exact) mass is 807 g/mol. The Balaban J connectivity index is 1.19. The van der Waals surface area contributed by atoms with Gasteiger partial charge < -0.3 is 20.2 Å². The number of carbonyl (C=O) groups is 3. The maximum absolute atomic E-state index is 13.9. The average molecular weight is 808 g/mol. The summed E-state index contributed by atoms with van der Waals surface area (Å²) in [5, 5.41) is 37.4. The molecule has 60 heavy (non-hydrogen) atoms. The molecule has 0 spiro atoms. The van der Waals surface area contributed by atoms with Crippen molar-refractivity contribution in [3.05, 3.63) is 123 Å². The number of benzene rings is 3. The molecule has 0 unspecified atom stereocenters. The number of hydrogen-bond acceptors (Lipinski definition) is 6. The molecule has 0 saturated carbocycles. The highest BCUT2D eigenvalue weighted by Gasteiger charge is 2.48.